The second kappa shape index (κ2) is 6.80. The van der Waals surface area contributed by atoms with Gasteiger partial charge in [-0.3, -0.25) is 9.54 Å². The van der Waals surface area contributed by atoms with Gasteiger partial charge in [-0.2, -0.15) is 18.6 Å². The van der Waals surface area contributed by atoms with Crippen molar-refractivity contribution >= 4 is 26.7 Å². The van der Waals surface area contributed by atoms with E-state index in [9.17, 15) is 18.1 Å². The van der Waals surface area contributed by atoms with Crippen LogP contribution in [0.15, 0.2) is 39.5 Å². The molecular weight excluding hydrogens is 306 g/mol. The molecule has 0 radical (unpaired) electrons. The Labute approximate surface area is 128 Å². The zero-order valence-corrected chi connectivity index (χ0v) is 12.9. The van der Waals surface area contributed by atoms with E-state index >= 15 is 0 Å². The maximum atomic E-state index is 11.5. The number of hydrogen-bond donors (Lipinski definition) is 2. The van der Waals surface area contributed by atoms with Crippen LogP contribution in [0, 0.1) is 0 Å². The maximum absolute atomic E-state index is 11.5. The number of phenolic OH excluding ortho intramolecular Hbond substituents is 1. The predicted octanol–water partition coefficient (Wildman–Crippen LogP) is 3.46. The minimum absolute atomic E-state index is 0.0321. The molecule has 0 aliphatic rings. The number of benzene rings is 1. The van der Waals surface area contributed by atoms with Gasteiger partial charge in [0, 0.05) is 11.6 Å². The summed E-state index contributed by atoms with van der Waals surface area (Å²) in [6, 6.07) is 4.06. The number of azo groups is 1. The van der Waals surface area contributed by atoms with Crippen molar-refractivity contribution in [2.75, 3.05) is 6.54 Å². The number of nitrogens with zero attached hydrogens (tertiary/aromatic N) is 3. The van der Waals surface area contributed by atoms with Crippen LogP contribution in [0.5, 0.6) is 5.75 Å². The fraction of sp³-hybridized carbons (Fsp3) is 0.357. The normalized spacial score (nSPS) is 12.3. The molecule has 0 amide bonds. The number of pyridine rings is 1. The van der Waals surface area contributed by atoms with Crippen molar-refractivity contribution in [1.82, 2.24) is 4.98 Å². The lowest BCUT2D eigenvalue weighted by Gasteiger charge is -2.07. The molecule has 2 N–H and O–H groups in total. The molecule has 8 heteroatoms. The Morgan fingerprint density at radius 2 is 2.09 bits per heavy atom. The smallest absolute Gasteiger partial charge is 0.295 e. The number of aromatic nitrogens is 1. The first-order chi connectivity index (χ1) is 10.4. The van der Waals surface area contributed by atoms with E-state index in [-0.39, 0.29) is 27.2 Å². The summed E-state index contributed by atoms with van der Waals surface area (Å²) in [7, 11) is -4.46. The largest absolute Gasteiger partial charge is 0.504 e. The van der Waals surface area contributed by atoms with Gasteiger partial charge in [0.2, 0.25) is 0 Å². The number of aromatic hydroxyl groups is 1. The van der Waals surface area contributed by atoms with Crippen molar-refractivity contribution in [3.8, 4) is 5.75 Å². The number of rotatable bonds is 6. The molecule has 118 valence electrons. The molecule has 0 unspecified atom stereocenters. The molecule has 2 rings (SSSR count). The average Bonchev–Trinajstić information content (AvgIpc) is 2.48. The van der Waals surface area contributed by atoms with Gasteiger partial charge in [0.1, 0.15) is 16.1 Å². The first-order valence-electron chi connectivity index (χ1n) is 6.91. The Morgan fingerprint density at radius 3 is 2.77 bits per heavy atom. The van der Waals surface area contributed by atoms with Crippen molar-refractivity contribution in [2.45, 2.75) is 31.1 Å². The molecule has 22 heavy (non-hydrogen) atoms. The van der Waals surface area contributed by atoms with Crippen LogP contribution in [0.4, 0.5) is 5.69 Å². The molecule has 0 saturated heterocycles. The number of fused-ring (bicyclic) bond motifs is 1. The lowest BCUT2D eigenvalue weighted by Crippen LogP contribution is -1.99. The minimum atomic E-state index is -4.46. The van der Waals surface area contributed by atoms with E-state index in [1.807, 2.05) is 0 Å². The zero-order valence-electron chi connectivity index (χ0n) is 12.1. The zero-order chi connectivity index (χ0) is 16.2. The molecule has 1 aromatic heterocycles. The molecule has 0 atom stereocenters. The second-order valence-corrected chi connectivity index (χ2v) is 6.18. The Balaban J connectivity index is 2.49. The van der Waals surface area contributed by atoms with Crippen LogP contribution in [0.25, 0.3) is 10.9 Å². The van der Waals surface area contributed by atoms with Gasteiger partial charge in [0.15, 0.2) is 5.75 Å². The highest BCUT2D eigenvalue weighted by Gasteiger charge is 2.20. The fourth-order valence-electron chi connectivity index (χ4n) is 2.03. The maximum Gasteiger partial charge on any atom is 0.295 e. The Kier molecular flexibility index (Phi) is 5.04. The average molecular weight is 323 g/mol. The molecule has 1 aromatic carbocycles. The third kappa shape index (κ3) is 3.58. The fourth-order valence-corrected chi connectivity index (χ4v) is 2.74. The van der Waals surface area contributed by atoms with E-state index in [2.05, 4.69) is 22.1 Å². The quantitative estimate of drug-likeness (QED) is 0.480. The van der Waals surface area contributed by atoms with Crippen molar-refractivity contribution in [3.05, 3.63) is 24.4 Å². The molecule has 0 bridgehead atoms. The first kappa shape index (κ1) is 16.3. The molecule has 0 aliphatic carbocycles. The highest BCUT2D eigenvalue weighted by molar-refractivity contribution is 7.86. The molecule has 0 spiro atoms. The van der Waals surface area contributed by atoms with Gasteiger partial charge >= 0.3 is 0 Å². The lowest BCUT2D eigenvalue weighted by atomic mass is 10.2. The summed E-state index contributed by atoms with van der Waals surface area (Å²) in [6.07, 6.45) is 4.34. The Morgan fingerprint density at radius 1 is 1.32 bits per heavy atom. The third-order valence-corrected chi connectivity index (χ3v) is 4.02. The van der Waals surface area contributed by atoms with E-state index in [0.717, 1.165) is 25.3 Å². The topological polar surface area (TPSA) is 112 Å². The summed E-state index contributed by atoms with van der Waals surface area (Å²) in [5.41, 5.74) is 0.0236. The Hall–Kier alpha value is -2.06. The van der Waals surface area contributed by atoms with Gasteiger partial charge in [-0.1, -0.05) is 19.8 Å². The first-order valence-corrected chi connectivity index (χ1v) is 8.35. The molecule has 0 saturated carbocycles. The van der Waals surface area contributed by atoms with Gasteiger partial charge in [-0.25, -0.2) is 0 Å². The van der Waals surface area contributed by atoms with Crippen molar-refractivity contribution in [1.29, 1.82) is 0 Å². The van der Waals surface area contributed by atoms with Crippen LogP contribution in [0.1, 0.15) is 26.2 Å². The summed E-state index contributed by atoms with van der Waals surface area (Å²) < 4.78 is 32.3. The molecule has 2 aromatic rings. The summed E-state index contributed by atoms with van der Waals surface area (Å²) in [4.78, 5) is 3.60. The number of phenols is 1. The van der Waals surface area contributed by atoms with Gasteiger partial charge in [-0.05, 0) is 24.6 Å². The molecule has 1 heterocycles. The van der Waals surface area contributed by atoms with Gasteiger partial charge in [0.25, 0.3) is 10.1 Å². The summed E-state index contributed by atoms with van der Waals surface area (Å²) in [6.45, 7) is 2.55. The Bertz CT molecular complexity index is 803. The minimum Gasteiger partial charge on any atom is -0.504 e. The summed E-state index contributed by atoms with van der Waals surface area (Å²) >= 11 is 0. The van der Waals surface area contributed by atoms with Crippen molar-refractivity contribution in [2.24, 2.45) is 10.2 Å². The van der Waals surface area contributed by atoms with E-state index in [1.165, 1.54) is 18.3 Å². The van der Waals surface area contributed by atoms with Crippen molar-refractivity contribution < 1.29 is 18.1 Å². The predicted molar refractivity (Wildman–Crippen MR) is 82.1 cm³/mol. The number of hydrogen-bond acceptors (Lipinski definition) is 6. The van der Waals surface area contributed by atoms with E-state index in [0.29, 0.717) is 6.54 Å². The van der Waals surface area contributed by atoms with Crippen LogP contribution < -0.4 is 0 Å². The van der Waals surface area contributed by atoms with Crippen LogP contribution in [-0.2, 0) is 10.1 Å². The SMILES string of the molecule is CCCCCN=Nc1cc(S(=O)(=O)O)c2cccnc2c1O. The van der Waals surface area contributed by atoms with Crippen LogP contribution >= 0.6 is 0 Å². The molecular formula is C14H17N3O4S. The second-order valence-electron chi connectivity index (χ2n) is 4.79. The van der Waals surface area contributed by atoms with E-state index in [4.69, 9.17) is 0 Å². The highest BCUT2D eigenvalue weighted by Crippen LogP contribution is 2.37. The molecule has 7 nitrogen and oxygen atoms in total. The van der Waals surface area contributed by atoms with Crippen molar-refractivity contribution in [3.63, 3.8) is 0 Å². The highest BCUT2D eigenvalue weighted by atomic mass is 32.2. The number of unbranched alkanes of at least 4 members (excludes halogenated alkanes) is 2. The van der Waals surface area contributed by atoms with Crippen LogP contribution in [0.2, 0.25) is 0 Å². The molecule has 0 fully saturated rings. The third-order valence-electron chi connectivity index (χ3n) is 3.13. The van der Waals surface area contributed by atoms with Crippen LogP contribution in [0.3, 0.4) is 0 Å². The van der Waals surface area contributed by atoms with E-state index < -0.39 is 10.1 Å². The monoisotopic (exact) mass is 323 g/mol. The lowest BCUT2D eigenvalue weighted by molar-refractivity contribution is 0.478. The summed E-state index contributed by atoms with van der Waals surface area (Å²) in [5.74, 6) is -0.262. The van der Waals surface area contributed by atoms with Gasteiger partial charge < -0.3 is 5.11 Å². The summed E-state index contributed by atoms with van der Waals surface area (Å²) in [5, 5.41) is 18.1. The molecule has 0 aliphatic heterocycles. The van der Waals surface area contributed by atoms with Crippen LogP contribution in [-0.4, -0.2) is 29.6 Å². The van der Waals surface area contributed by atoms with Gasteiger partial charge in [0.05, 0.1) is 6.54 Å². The van der Waals surface area contributed by atoms with Gasteiger partial charge in [-0.15, -0.1) is 0 Å². The standard InChI is InChI=1S/C14H17N3O4S/c1-2-3-4-8-16-17-11-9-12(22(19,20)21)10-6-5-7-15-13(10)14(11)18/h5-7,9,18H,2-4,8H2,1H3,(H,19,20,21). The van der Waals surface area contributed by atoms with E-state index in [1.54, 1.807) is 0 Å².